The van der Waals surface area contributed by atoms with E-state index in [9.17, 15) is 9.90 Å². The van der Waals surface area contributed by atoms with Crippen LogP contribution in [-0.2, 0) is 13.0 Å². The first kappa shape index (κ1) is 13.6. The van der Waals surface area contributed by atoms with Gasteiger partial charge in [-0.15, -0.1) is 0 Å². The highest BCUT2D eigenvalue weighted by Crippen LogP contribution is 2.15. The fraction of sp³-hybridized carbons (Fsp3) is 0.312. The minimum Gasteiger partial charge on any atom is -0.387 e. The van der Waals surface area contributed by atoms with Crippen LogP contribution in [0.1, 0.15) is 29.7 Å². The molecule has 3 nitrogen and oxygen atoms in total. The summed E-state index contributed by atoms with van der Waals surface area (Å²) < 4.78 is 1.55. The molecule has 0 aliphatic heterocycles. The molecule has 0 aliphatic carbocycles. The standard InChI is InChI=1S/C16H19NO2/c1-3-13-6-8-14(9-7-13)15(18)11-17-10-4-5-12(2)16(17)19/h4-10,15,18H,3,11H2,1-2H3. The number of pyridine rings is 1. The van der Waals surface area contributed by atoms with Crippen molar-refractivity contribution >= 4 is 0 Å². The first-order valence-electron chi connectivity index (χ1n) is 6.54. The quantitative estimate of drug-likeness (QED) is 0.914. The number of nitrogens with zero attached hydrogens (tertiary/aromatic N) is 1. The third-order valence-corrected chi connectivity index (χ3v) is 3.35. The number of hydrogen-bond acceptors (Lipinski definition) is 2. The number of aliphatic hydroxyl groups excluding tert-OH is 1. The van der Waals surface area contributed by atoms with Gasteiger partial charge >= 0.3 is 0 Å². The molecule has 0 spiro atoms. The van der Waals surface area contributed by atoms with E-state index in [4.69, 9.17) is 0 Å². The van der Waals surface area contributed by atoms with Crippen LogP contribution in [0.25, 0.3) is 0 Å². The van der Waals surface area contributed by atoms with Crippen LogP contribution in [0.15, 0.2) is 47.4 Å². The van der Waals surface area contributed by atoms with E-state index >= 15 is 0 Å². The molecule has 0 radical (unpaired) electrons. The van der Waals surface area contributed by atoms with Gasteiger partial charge in [-0.25, -0.2) is 0 Å². The zero-order valence-electron chi connectivity index (χ0n) is 11.3. The highest BCUT2D eigenvalue weighted by atomic mass is 16.3. The van der Waals surface area contributed by atoms with Crippen LogP contribution in [0.5, 0.6) is 0 Å². The summed E-state index contributed by atoms with van der Waals surface area (Å²) in [5, 5.41) is 10.2. The second-order valence-corrected chi connectivity index (χ2v) is 4.76. The predicted molar refractivity (Wildman–Crippen MR) is 76.2 cm³/mol. The van der Waals surface area contributed by atoms with Crippen molar-refractivity contribution in [2.45, 2.75) is 32.9 Å². The summed E-state index contributed by atoms with van der Waals surface area (Å²) in [4.78, 5) is 11.9. The van der Waals surface area contributed by atoms with Gasteiger partial charge in [0.2, 0.25) is 0 Å². The van der Waals surface area contributed by atoms with E-state index in [0.29, 0.717) is 5.56 Å². The first-order valence-corrected chi connectivity index (χ1v) is 6.54. The molecule has 100 valence electrons. The molecule has 0 fully saturated rings. The zero-order valence-corrected chi connectivity index (χ0v) is 11.3. The van der Waals surface area contributed by atoms with Crippen molar-refractivity contribution in [2.24, 2.45) is 0 Å². The average molecular weight is 257 g/mol. The summed E-state index contributed by atoms with van der Waals surface area (Å²) in [5.74, 6) is 0. The maximum Gasteiger partial charge on any atom is 0.253 e. The van der Waals surface area contributed by atoms with Crippen molar-refractivity contribution in [3.8, 4) is 0 Å². The molecular formula is C16H19NO2. The lowest BCUT2D eigenvalue weighted by Crippen LogP contribution is -2.24. The molecule has 2 aromatic rings. The van der Waals surface area contributed by atoms with Crippen LogP contribution in [0.3, 0.4) is 0 Å². The topological polar surface area (TPSA) is 42.2 Å². The maximum absolute atomic E-state index is 11.9. The Balaban J connectivity index is 2.18. The first-order chi connectivity index (χ1) is 9.11. The smallest absolute Gasteiger partial charge is 0.253 e. The second-order valence-electron chi connectivity index (χ2n) is 4.76. The molecule has 1 aromatic carbocycles. The lowest BCUT2D eigenvalue weighted by Gasteiger charge is -2.13. The minimum absolute atomic E-state index is 0.0493. The highest BCUT2D eigenvalue weighted by molar-refractivity contribution is 5.24. The van der Waals surface area contributed by atoms with Crippen molar-refractivity contribution in [1.29, 1.82) is 0 Å². The van der Waals surface area contributed by atoms with Crippen molar-refractivity contribution in [2.75, 3.05) is 0 Å². The third kappa shape index (κ3) is 3.12. The SMILES string of the molecule is CCc1ccc(C(O)Cn2cccc(C)c2=O)cc1. The second kappa shape index (κ2) is 5.85. The zero-order chi connectivity index (χ0) is 13.8. The summed E-state index contributed by atoms with van der Waals surface area (Å²) in [6.07, 6.45) is 2.03. The van der Waals surface area contributed by atoms with Gasteiger partial charge in [-0.2, -0.15) is 0 Å². The van der Waals surface area contributed by atoms with Crippen LogP contribution in [0.2, 0.25) is 0 Å². The van der Waals surface area contributed by atoms with E-state index in [1.807, 2.05) is 30.3 Å². The molecule has 1 atom stereocenters. The van der Waals surface area contributed by atoms with Crippen molar-refractivity contribution in [3.63, 3.8) is 0 Å². The molecule has 2 rings (SSSR count). The summed E-state index contributed by atoms with van der Waals surface area (Å²) in [5.41, 5.74) is 2.72. The molecule has 0 aliphatic rings. The fourth-order valence-electron chi connectivity index (χ4n) is 2.07. The van der Waals surface area contributed by atoms with Gasteiger partial charge in [0.25, 0.3) is 5.56 Å². The Kier molecular flexibility index (Phi) is 4.17. The van der Waals surface area contributed by atoms with Gasteiger partial charge in [0, 0.05) is 11.8 Å². The van der Waals surface area contributed by atoms with E-state index in [0.717, 1.165) is 12.0 Å². The van der Waals surface area contributed by atoms with Gasteiger partial charge in [0.05, 0.1) is 12.6 Å². The van der Waals surface area contributed by atoms with Crippen molar-refractivity contribution in [3.05, 3.63) is 69.6 Å². The molecule has 0 amide bonds. The molecule has 1 N–H and O–H groups in total. The van der Waals surface area contributed by atoms with Crippen molar-refractivity contribution < 1.29 is 5.11 Å². The molecular weight excluding hydrogens is 238 g/mol. The van der Waals surface area contributed by atoms with Crippen LogP contribution in [0, 0.1) is 6.92 Å². The van der Waals surface area contributed by atoms with E-state index in [1.54, 1.807) is 23.8 Å². The summed E-state index contributed by atoms with van der Waals surface area (Å²) >= 11 is 0. The Labute approximate surface area is 113 Å². The highest BCUT2D eigenvalue weighted by Gasteiger charge is 2.09. The van der Waals surface area contributed by atoms with Gasteiger partial charge in [-0.3, -0.25) is 4.79 Å². The summed E-state index contributed by atoms with van der Waals surface area (Å²) in [7, 11) is 0. The number of aryl methyl sites for hydroxylation is 2. The van der Waals surface area contributed by atoms with Crippen LogP contribution >= 0.6 is 0 Å². The number of hydrogen-bond donors (Lipinski definition) is 1. The van der Waals surface area contributed by atoms with Crippen molar-refractivity contribution in [1.82, 2.24) is 4.57 Å². The maximum atomic E-state index is 11.9. The average Bonchev–Trinajstić information content (AvgIpc) is 2.44. The number of rotatable bonds is 4. The molecule has 19 heavy (non-hydrogen) atoms. The van der Waals surface area contributed by atoms with Gasteiger partial charge in [-0.05, 0) is 30.5 Å². The number of benzene rings is 1. The fourth-order valence-corrected chi connectivity index (χ4v) is 2.07. The molecule has 0 saturated carbocycles. The molecule has 1 heterocycles. The largest absolute Gasteiger partial charge is 0.387 e. The van der Waals surface area contributed by atoms with E-state index in [2.05, 4.69) is 6.92 Å². The lowest BCUT2D eigenvalue weighted by atomic mass is 10.1. The van der Waals surface area contributed by atoms with Gasteiger partial charge in [0.15, 0.2) is 0 Å². The molecule has 1 unspecified atom stereocenters. The summed E-state index contributed by atoms with van der Waals surface area (Å²) in [6.45, 7) is 4.16. The van der Waals surface area contributed by atoms with Crippen LogP contribution in [-0.4, -0.2) is 9.67 Å². The number of aromatic nitrogens is 1. The van der Waals surface area contributed by atoms with E-state index in [1.165, 1.54) is 5.56 Å². The molecule has 3 heteroatoms. The normalized spacial score (nSPS) is 12.4. The Morgan fingerprint density at radius 3 is 2.53 bits per heavy atom. The van der Waals surface area contributed by atoms with Gasteiger partial charge in [0.1, 0.15) is 0 Å². The Morgan fingerprint density at radius 1 is 1.21 bits per heavy atom. The van der Waals surface area contributed by atoms with Crippen LogP contribution < -0.4 is 5.56 Å². The Bertz CT molecular complexity index is 599. The van der Waals surface area contributed by atoms with E-state index in [-0.39, 0.29) is 12.1 Å². The minimum atomic E-state index is -0.662. The third-order valence-electron chi connectivity index (χ3n) is 3.35. The Hall–Kier alpha value is -1.87. The Morgan fingerprint density at radius 2 is 1.89 bits per heavy atom. The predicted octanol–water partition coefficient (Wildman–Crippen LogP) is 2.45. The van der Waals surface area contributed by atoms with E-state index < -0.39 is 6.10 Å². The van der Waals surface area contributed by atoms with Crippen LogP contribution in [0.4, 0.5) is 0 Å². The van der Waals surface area contributed by atoms with Gasteiger partial charge in [-0.1, -0.05) is 37.3 Å². The monoisotopic (exact) mass is 257 g/mol. The molecule has 1 aromatic heterocycles. The van der Waals surface area contributed by atoms with Gasteiger partial charge < -0.3 is 9.67 Å². The molecule has 0 saturated heterocycles. The lowest BCUT2D eigenvalue weighted by molar-refractivity contribution is 0.155. The summed E-state index contributed by atoms with van der Waals surface area (Å²) in [6, 6.07) is 11.5. The number of aliphatic hydroxyl groups is 1. The molecule has 0 bridgehead atoms.